The molecule has 0 amide bonds. The third kappa shape index (κ3) is 40.7. The number of phosphoric acid groups is 1. The number of allylic oxidation sites excluding steroid dienone is 5. The van der Waals surface area contributed by atoms with E-state index in [0.29, 0.717) is 36.7 Å². The first-order chi connectivity index (χ1) is 27.8. The molecule has 338 valence electrons. The van der Waals surface area contributed by atoms with Crippen molar-refractivity contribution in [2.75, 3.05) is 47.5 Å². The molecule has 58 heavy (non-hydrogen) atoms. The Morgan fingerprint density at radius 1 is 0.621 bits per heavy atom. The molecule has 0 aliphatic rings. The summed E-state index contributed by atoms with van der Waals surface area (Å²) in [5, 5.41) is 20.4. The summed E-state index contributed by atoms with van der Waals surface area (Å²) in [6.07, 6.45) is 36.4. The van der Waals surface area contributed by atoms with Gasteiger partial charge in [0.2, 0.25) is 0 Å². The predicted molar refractivity (Wildman–Crippen MR) is 236 cm³/mol. The van der Waals surface area contributed by atoms with Crippen molar-refractivity contribution in [1.82, 2.24) is 0 Å². The molecule has 0 aliphatic carbocycles. The molecule has 0 aromatic rings. The van der Waals surface area contributed by atoms with Gasteiger partial charge < -0.3 is 29.1 Å². The first-order valence-electron chi connectivity index (χ1n) is 22.6. The number of quaternary nitrogens is 1. The van der Waals surface area contributed by atoms with E-state index in [2.05, 4.69) is 19.9 Å². The molecule has 0 aliphatic heterocycles. The Balaban J connectivity index is 4.61. The van der Waals surface area contributed by atoms with Crippen LogP contribution in [0.4, 0.5) is 0 Å². The smallest absolute Gasteiger partial charge is 0.462 e. The van der Waals surface area contributed by atoms with Gasteiger partial charge in [-0.2, -0.15) is 0 Å². The van der Waals surface area contributed by atoms with Crippen molar-refractivity contribution in [3.63, 3.8) is 0 Å². The second kappa shape index (κ2) is 37.9. The highest BCUT2D eigenvalue weighted by Gasteiger charge is 2.27. The van der Waals surface area contributed by atoms with Crippen LogP contribution < -0.4 is 0 Å². The number of nitrogens with zero attached hydrogens (tertiary/aromatic N) is 1. The molecule has 0 saturated heterocycles. The molecule has 0 rings (SSSR count). The summed E-state index contributed by atoms with van der Waals surface area (Å²) in [6.45, 7) is 4.07. The van der Waals surface area contributed by atoms with Crippen molar-refractivity contribution in [3.05, 3.63) is 48.6 Å². The minimum atomic E-state index is -4.44. The summed E-state index contributed by atoms with van der Waals surface area (Å²) in [5.41, 5.74) is 0. The molecule has 0 saturated carbocycles. The molecule has 4 atom stereocenters. The quantitative estimate of drug-likeness (QED) is 0.0136. The summed E-state index contributed by atoms with van der Waals surface area (Å²) in [6, 6.07) is 0. The van der Waals surface area contributed by atoms with Crippen molar-refractivity contribution >= 4 is 19.8 Å². The highest BCUT2D eigenvalue weighted by molar-refractivity contribution is 7.47. The number of ether oxygens (including phenoxy) is 2. The molecule has 0 aromatic heterocycles. The van der Waals surface area contributed by atoms with Crippen LogP contribution in [0.1, 0.15) is 168 Å². The van der Waals surface area contributed by atoms with Crippen LogP contribution in [-0.2, 0) is 32.7 Å². The van der Waals surface area contributed by atoms with Crippen LogP contribution in [0.2, 0.25) is 0 Å². The molecule has 3 N–H and O–H groups in total. The third-order valence-corrected chi connectivity index (χ3v) is 10.5. The summed E-state index contributed by atoms with van der Waals surface area (Å²) in [7, 11) is 1.32. The highest BCUT2D eigenvalue weighted by Crippen LogP contribution is 2.43. The maximum absolute atomic E-state index is 12.7. The van der Waals surface area contributed by atoms with Gasteiger partial charge in [-0.3, -0.25) is 18.6 Å². The van der Waals surface area contributed by atoms with E-state index in [9.17, 15) is 29.3 Å². The highest BCUT2D eigenvalue weighted by atomic mass is 31.2. The lowest BCUT2D eigenvalue weighted by molar-refractivity contribution is -0.870. The van der Waals surface area contributed by atoms with Gasteiger partial charge in [0.15, 0.2) is 6.10 Å². The van der Waals surface area contributed by atoms with Gasteiger partial charge in [0, 0.05) is 12.8 Å². The number of likely N-dealkylation sites (N-methyl/N-ethyl adjacent to an activating group) is 1. The van der Waals surface area contributed by atoms with Gasteiger partial charge in [0.1, 0.15) is 19.8 Å². The molecule has 12 heteroatoms. The molecule has 4 unspecified atom stereocenters. The van der Waals surface area contributed by atoms with Gasteiger partial charge in [-0.05, 0) is 38.5 Å². The lowest BCUT2D eigenvalue weighted by atomic mass is 10.0. The minimum Gasteiger partial charge on any atom is -0.462 e. The first kappa shape index (κ1) is 55.9. The van der Waals surface area contributed by atoms with Crippen LogP contribution >= 0.6 is 7.82 Å². The van der Waals surface area contributed by atoms with Gasteiger partial charge in [0.25, 0.3) is 0 Å². The number of carbonyl (C=O) groups is 2. The topological polar surface area (TPSA) is 149 Å². The Morgan fingerprint density at radius 2 is 1.14 bits per heavy atom. The number of unbranched alkanes of at least 4 members (excludes halogenated alkanes) is 17. The maximum atomic E-state index is 12.7. The largest absolute Gasteiger partial charge is 0.472 e. The van der Waals surface area contributed by atoms with E-state index in [1.165, 1.54) is 89.9 Å². The lowest BCUT2D eigenvalue weighted by Crippen LogP contribution is -2.37. The third-order valence-electron chi connectivity index (χ3n) is 9.55. The van der Waals surface area contributed by atoms with Crippen molar-refractivity contribution in [2.24, 2.45) is 0 Å². The zero-order valence-electron chi connectivity index (χ0n) is 37.2. The van der Waals surface area contributed by atoms with Crippen LogP contribution in [0, 0.1) is 0 Å². The summed E-state index contributed by atoms with van der Waals surface area (Å²) in [4.78, 5) is 35.4. The molecule has 0 spiro atoms. The fourth-order valence-electron chi connectivity index (χ4n) is 5.91. The van der Waals surface area contributed by atoms with E-state index in [1.807, 2.05) is 27.2 Å². The SMILES string of the molecule is CCCCC/C=C/CC(O)/C=C/C=C/C=C/C(O)CCCC(=O)OC(COC(=O)CCCCCCCCCCCCCCCCC)COP(=O)(O)OCC[N+](C)(C)C. The maximum Gasteiger partial charge on any atom is 0.472 e. The number of phosphoric ester groups is 1. The molecule has 0 heterocycles. The number of rotatable bonds is 40. The van der Waals surface area contributed by atoms with Gasteiger partial charge >= 0.3 is 19.8 Å². The van der Waals surface area contributed by atoms with Crippen LogP contribution in [0.15, 0.2) is 48.6 Å². The Hall–Kier alpha value is -2.11. The average molecular weight is 843 g/mol. The molecular weight excluding hydrogens is 757 g/mol. The molecular formula is C46H85NO10P+. The van der Waals surface area contributed by atoms with E-state index in [4.69, 9.17) is 18.5 Å². The van der Waals surface area contributed by atoms with Crippen LogP contribution in [-0.4, -0.2) is 97.3 Å². The van der Waals surface area contributed by atoms with Crippen LogP contribution in [0.25, 0.3) is 0 Å². The Morgan fingerprint density at radius 3 is 1.71 bits per heavy atom. The van der Waals surface area contributed by atoms with Gasteiger partial charge in [-0.1, -0.05) is 165 Å². The summed E-state index contributed by atoms with van der Waals surface area (Å²) in [5.74, 6) is -1.04. The van der Waals surface area contributed by atoms with Crippen LogP contribution in [0.5, 0.6) is 0 Å². The standard InChI is InChI=1S/C46H84NO10P/c1-6-8-10-12-14-15-16-17-18-19-20-21-22-24-30-36-45(50)54-40-44(41-56-58(52,53)55-39-38-47(3,4)5)57-46(51)37-31-35-43(49)34-29-26-25-28-33-42(48)32-27-23-13-11-9-7-2/h23,25-29,33-34,42-44,48-49H,6-22,24,30-32,35-41H2,1-5H3/p+1/b26-25+,27-23+,33-28+,34-29+. The number of carbonyl (C=O) groups excluding carboxylic acids is 2. The minimum absolute atomic E-state index is 0.0144. The van der Waals surface area contributed by atoms with E-state index in [0.717, 1.165) is 25.7 Å². The Kier molecular flexibility index (Phi) is 36.5. The first-order valence-corrected chi connectivity index (χ1v) is 24.1. The predicted octanol–water partition coefficient (Wildman–Crippen LogP) is 10.6. The van der Waals surface area contributed by atoms with Crippen molar-refractivity contribution in [1.29, 1.82) is 0 Å². The molecule has 11 nitrogen and oxygen atoms in total. The van der Waals surface area contributed by atoms with Crippen molar-refractivity contribution in [3.8, 4) is 0 Å². The molecule has 0 fully saturated rings. The zero-order chi connectivity index (χ0) is 43.2. The summed E-state index contributed by atoms with van der Waals surface area (Å²) < 4.78 is 34.1. The van der Waals surface area contributed by atoms with Crippen LogP contribution in [0.3, 0.4) is 0 Å². The zero-order valence-corrected chi connectivity index (χ0v) is 38.1. The number of hydrogen-bond acceptors (Lipinski definition) is 9. The van der Waals surface area contributed by atoms with Crippen molar-refractivity contribution < 1.29 is 52.3 Å². The monoisotopic (exact) mass is 843 g/mol. The van der Waals surface area contributed by atoms with Gasteiger partial charge in [-0.25, -0.2) is 4.57 Å². The molecule has 0 bridgehead atoms. The Bertz CT molecular complexity index is 1170. The van der Waals surface area contributed by atoms with E-state index >= 15 is 0 Å². The number of hydrogen-bond donors (Lipinski definition) is 3. The lowest BCUT2D eigenvalue weighted by Gasteiger charge is -2.24. The molecule has 0 radical (unpaired) electrons. The average Bonchev–Trinajstić information content (AvgIpc) is 3.16. The second-order valence-corrected chi connectivity index (χ2v) is 17.9. The fraction of sp³-hybridized carbons (Fsp3) is 0.783. The molecule has 0 aromatic carbocycles. The number of aliphatic hydroxyl groups excluding tert-OH is 2. The van der Waals surface area contributed by atoms with Gasteiger partial charge in [0.05, 0.1) is 40.0 Å². The fourth-order valence-corrected chi connectivity index (χ4v) is 6.66. The second-order valence-electron chi connectivity index (χ2n) is 16.5. The van der Waals surface area contributed by atoms with Gasteiger partial charge in [-0.15, -0.1) is 0 Å². The van der Waals surface area contributed by atoms with E-state index in [-0.39, 0.29) is 26.1 Å². The Labute approximate surface area is 353 Å². The van der Waals surface area contributed by atoms with E-state index in [1.54, 1.807) is 36.5 Å². The normalized spacial score (nSPS) is 15.1. The van der Waals surface area contributed by atoms with E-state index < -0.39 is 44.7 Å². The number of aliphatic hydroxyl groups is 2. The number of esters is 2. The van der Waals surface area contributed by atoms with Crippen molar-refractivity contribution in [2.45, 2.75) is 186 Å². The summed E-state index contributed by atoms with van der Waals surface area (Å²) >= 11 is 0.